The lowest BCUT2D eigenvalue weighted by Gasteiger charge is -2.06. The zero-order valence-corrected chi connectivity index (χ0v) is 19.2. The SMILES string of the molecule is Cc1cccc(OCC(=O)N/N=C\c2cccc(OC(=O)c3sc4ccccc4c3Cl)c2)c1. The number of amides is 1. The Bertz CT molecular complexity index is 1350. The molecule has 6 nitrogen and oxygen atoms in total. The molecule has 1 amide bonds. The molecule has 0 saturated heterocycles. The van der Waals surface area contributed by atoms with Gasteiger partial charge in [0.2, 0.25) is 0 Å². The van der Waals surface area contributed by atoms with E-state index in [0.717, 1.165) is 15.6 Å². The van der Waals surface area contributed by atoms with Gasteiger partial charge in [0.1, 0.15) is 16.4 Å². The number of rotatable bonds is 7. The molecule has 0 aliphatic heterocycles. The van der Waals surface area contributed by atoms with Crippen molar-refractivity contribution in [3.8, 4) is 11.5 Å². The third-order valence-electron chi connectivity index (χ3n) is 4.55. The predicted molar refractivity (Wildman–Crippen MR) is 131 cm³/mol. The zero-order chi connectivity index (χ0) is 23.2. The number of aryl methyl sites for hydroxylation is 1. The van der Waals surface area contributed by atoms with Gasteiger partial charge in [0, 0.05) is 10.1 Å². The van der Waals surface area contributed by atoms with Crippen LogP contribution in [0.25, 0.3) is 10.1 Å². The summed E-state index contributed by atoms with van der Waals surface area (Å²) >= 11 is 7.64. The standard InChI is InChI=1S/C25H19ClN2O4S/c1-16-6-4-8-18(12-16)31-15-22(29)28-27-14-17-7-5-9-19(13-17)32-25(30)24-23(26)20-10-2-3-11-21(20)33-24/h2-14H,15H2,1H3,(H,28,29)/b27-14-. The molecule has 166 valence electrons. The molecule has 4 rings (SSSR count). The number of nitrogens with one attached hydrogen (secondary N) is 1. The van der Waals surface area contributed by atoms with Crippen LogP contribution in [-0.4, -0.2) is 24.7 Å². The average Bonchev–Trinajstić information content (AvgIpc) is 3.15. The van der Waals surface area contributed by atoms with Crippen molar-refractivity contribution in [1.29, 1.82) is 0 Å². The number of halogens is 1. The Morgan fingerprint density at radius 2 is 1.82 bits per heavy atom. The van der Waals surface area contributed by atoms with Crippen LogP contribution in [0.15, 0.2) is 77.9 Å². The number of thiophene rings is 1. The van der Waals surface area contributed by atoms with E-state index in [1.165, 1.54) is 17.6 Å². The molecule has 0 unspecified atom stereocenters. The third-order valence-corrected chi connectivity index (χ3v) is 6.21. The van der Waals surface area contributed by atoms with Crippen molar-refractivity contribution in [2.24, 2.45) is 5.10 Å². The summed E-state index contributed by atoms with van der Waals surface area (Å²) in [5.74, 6) is 0.0283. The molecular formula is C25H19ClN2O4S. The maximum atomic E-state index is 12.6. The van der Waals surface area contributed by atoms with Crippen molar-refractivity contribution in [3.63, 3.8) is 0 Å². The highest BCUT2D eigenvalue weighted by Gasteiger charge is 2.19. The molecule has 1 heterocycles. The van der Waals surface area contributed by atoms with Gasteiger partial charge in [0.05, 0.1) is 11.2 Å². The number of benzene rings is 3. The molecule has 0 bridgehead atoms. The summed E-state index contributed by atoms with van der Waals surface area (Å²) in [5, 5.41) is 5.13. The molecular weight excluding hydrogens is 460 g/mol. The van der Waals surface area contributed by atoms with E-state index in [-0.39, 0.29) is 6.61 Å². The summed E-state index contributed by atoms with van der Waals surface area (Å²) in [5.41, 5.74) is 4.09. The number of esters is 1. The number of hydrogen-bond acceptors (Lipinski definition) is 6. The fourth-order valence-corrected chi connectivity index (χ4v) is 4.41. The van der Waals surface area contributed by atoms with Crippen LogP contribution in [0, 0.1) is 6.92 Å². The molecule has 0 aliphatic carbocycles. The molecule has 0 spiro atoms. The summed E-state index contributed by atoms with van der Waals surface area (Å²) in [6.45, 7) is 1.79. The molecule has 3 aromatic carbocycles. The van der Waals surface area contributed by atoms with Crippen molar-refractivity contribution in [3.05, 3.63) is 93.8 Å². The van der Waals surface area contributed by atoms with Crippen LogP contribution in [0.4, 0.5) is 0 Å². The first kappa shape index (κ1) is 22.5. The highest BCUT2D eigenvalue weighted by Crippen LogP contribution is 2.35. The Morgan fingerprint density at radius 1 is 1.03 bits per heavy atom. The largest absolute Gasteiger partial charge is 0.484 e. The van der Waals surface area contributed by atoms with Gasteiger partial charge < -0.3 is 9.47 Å². The molecule has 0 saturated carbocycles. The number of nitrogens with zero attached hydrogens (tertiary/aromatic N) is 1. The lowest BCUT2D eigenvalue weighted by molar-refractivity contribution is -0.123. The van der Waals surface area contributed by atoms with Gasteiger partial charge >= 0.3 is 5.97 Å². The second-order valence-electron chi connectivity index (χ2n) is 7.10. The normalized spacial score (nSPS) is 11.0. The highest BCUT2D eigenvalue weighted by atomic mass is 35.5. The van der Waals surface area contributed by atoms with Gasteiger partial charge in [-0.05, 0) is 48.4 Å². The molecule has 8 heteroatoms. The van der Waals surface area contributed by atoms with Gasteiger partial charge in [0.15, 0.2) is 6.61 Å². The van der Waals surface area contributed by atoms with Crippen molar-refractivity contribution < 1.29 is 19.1 Å². The minimum Gasteiger partial charge on any atom is -0.484 e. The first-order valence-corrected chi connectivity index (χ1v) is 11.2. The van der Waals surface area contributed by atoms with E-state index in [9.17, 15) is 9.59 Å². The second kappa shape index (κ2) is 10.3. The van der Waals surface area contributed by atoms with E-state index in [0.29, 0.717) is 27.0 Å². The Hall–Kier alpha value is -3.68. The molecule has 1 N–H and O–H groups in total. The molecule has 0 radical (unpaired) electrons. The zero-order valence-electron chi connectivity index (χ0n) is 17.6. The van der Waals surface area contributed by atoms with Crippen molar-refractivity contribution in [2.45, 2.75) is 6.92 Å². The molecule has 1 aromatic heterocycles. The summed E-state index contributed by atoms with van der Waals surface area (Å²) in [6, 6.07) is 21.7. The van der Waals surface area contributed by atoms with E-state index in [2.05, 4.69) is 10.5 Å². The van der Waals surface area contributed by atoms with Crippen molar-refractivity contribution in [1.82, 2.24) is 5.43 Å². The fraction of sp³-hybridized carbons (Fsp3) is 0.0800. The minimum absolute atomic E-state index is 0.158. The fourth-order valence-electron chi connectivity index (χ4n) is 3.02. The Morgan fingerprint density at radius 3 is 2.64 bits per heavy atom. The van der Waals surface area contributed by atoms with E-state index in [4.69, 9.17) is 21.1 Å². The molecule has 33 heavy (non-hydrogen) atoms. The van der Waals surface area contributed by atoms with Crippen LogP contribution in [0.2, 0.25) is 5.02 Å². The first-order chi connectivity index (χ1) is 16.0. The smallest absolute Gasteiger partial charge is 0.355 e. The van der Waals surface area contributed by atoms with Gasteiger partial charge in [-0.25, -0.2) is 10.2 Å². The Labute approximate surface area is 199 Å². The number of fused-ring (bicyclic) bond motifs is 1. The summed E-state index contributed by atoms with van der Waals surface area (Å²) < 4.78 is 11.8. The lowest BCUT2D eigenvalue weighted by Crippen LogP contribution is -2.24. The quantitative estimate of drug-likeness (QED) is 0.162. The summed E-state index contributed by atoms with van der Waals surface area (Å²) in [7, 11) is 0. The number of hydrogen-bond donors (Lipinski definition) is 1. The Balaban J connectivity index is 1.34. The maximum absolute atomic E-state index is 12.6. The maximum Gasteiger partial charge on any atom is 0.355 e. The van der Waals surface area contributed by atoms with Gasteiger partial charge in [0.25, 0.3) is 5.91 Å². The van der Waals surface area contributed by atoms with E-state index < -0.39 is 11.9 Å². The number of carbonyl (C=O) groups is 2. The summed E-state index contributed by atoms with van der Waals surface area (Å²) in [6.07, 6.45) is 1.45. The minimum atomic E-state index is -0.531. The van der Waals surface area contributed by atoms with Crippen LogP contribution in [-0.2, 0) is 4.79 Å². The lowest BCUT2D eigenvalue weighted by atomic mass is 10.2. The third kappa shape index (κ3) is 5.77. The van der Waals surface area contributed by atoms with E-state index in [1.54, 1.807) is 30.3 Å². The molecule has 0 atom stereocenters. The van der Waals surface area contributed by atoms with Gasteiger partial charge in [-0.15, -0.1) is 11.3 Å². The van der Waals surface area contributed by atoms with Crippen molar-refractivity contribution >= 4 is 51.1 Å². The van der Waals surface area contributed by atoms with E-state index in [1.807, 2.05) is 49.4 Å². The van der Waals surface area contributed by atoms with Crippen LogP contribution in [0.3, 0.4) is 0 Å². The van der Waals surface area contributed by atoms with Gasteiger partial charge in [-0.3, -0.25) is 4.79 Å². The highest BCUT2D eigenvalue weighted by molar-refractivity contribution is 7.21. The van der Waals surface area contributed by atoms with Crippen LogP contribution >= 0.6 is 22.9 Å². The van der Waals surface area contributed by atoms with Crippen LogP contribution in [0.5, 0.6) is 11.5 Å². The van der Waals surface area contributed by atoms with Crippen molar-refractivity contribution in [2.75, 3.05) is 6.61 Å². The summed E-state index contributed by atoms with van der Waals surface area (Å²) in [4.78, 5) is 24.9. The average molecular weight is 479 g/mol. The predicted octanol–water partition coefficient (Wildman–Crippen LogP) is 5.61. The molecule has 0 fully saturated rings. The van der Waals surface area contributed by atoms with Gasteiger partial charge in [-0.2, -0.15) is 5.10 Å². The molecule has 4 aromatic rings. The van der Waals surface area contributed by atoms with Crippen LogP contribution in [0.1, 0.15) is 20.8 Å². The monoisotopic (exact) mass is 478 g/mol. The first-order valence-electron chi connectivity index (χ1n) is 10.0. The van der Waals surface area contributed by atoms with Gasteiger partial charge in [-0.1, -0.05) is 54.1 Å². The topological polar surface area (TPSA) is 77.0 Å². The second-order valence-corrected chi connectivity index (χ2v) is 8.53. The number of carbonyl (C=O) groups excluding carboxylic acids is 2. The number of hydrazone groups is 1. The number of ether oxygens (including phenoxy) is 2. The molecule has 0 aliphatic rings. The van der Waals surface area contributed by atoms with Crippen LogP contribution < -0.4 is 14.9 Å². The Kier molecular flexibility index (Phi) is 7.02. The van der Waals surface area contributed by atoms with E-state index >= 15 is 0 Å².